The van der Waals surface area contributed by atoms with E-state index in [1.54, 1.807) is 12.5 Å². The van der Waals surface area contributed by atoms with Gasteiger partial charge in [0.25, 0.3) is 0 Å². The highest BCUT2D eigenvalue weighted by Crippen LogP contribution is 2.38. The van der Waals surface area contributed by atoms with Crippen molar-refractivity contribution in [3.63, 3.8) is 0 Å². The third kappa shape index (κ3) is 1.07. The lowest BCUT2D eigenvalue weighted by molar-refractivity contribution is 0.150. The Labute approximate surface area is 59.5 Å². The second-order valence-corrected chi connectivity index (χ2v) is 3.03. The molecule has 0 radical (unpaired) electrons. The average Bonchev–Trinajstić information content (AvgIpc) is 2.47. The molecule has 1 aromatic heterocycles. The molecule has 0 amide bonds. The molecule has 54 valence electrons. The van der Waals surface area contributed by atoms with Crippen LogP contribution >= 0.6 is 0 Å². The second-order valence-electron chi connectivity index (χ2n) is 3.03. The Morgan fingerprint density at radius 2 is 2.40 bits per heavy atom. The van der Waals surface area contributed by atoms with Crippen molar-refractivity contribution in [1.82, 2.24) is 0 Å². The van der Waals surface area contributed by atoms with E-state index >= 15 is 0 Å². The highest BCUT2D eigenvalue weighted by atomic mass is 16.3. The third-order valence-corrected chi connectivity index (χ3v) is 1.94. The molecule has 1 fully saturated rings. The first-order chi connectivity index (χ1) is 4.79. The highest BCUT2D eigenvalue weighted by molar-refractivity contribution is 5.13. The molecule has 1 aromatic rings. The van der Waals surface area contributed by atoms with E-state index in [0.717, 1.165) is 24.8 Å². The van der Waals surface area contributed by atoms with Crippen LogP contribution in [-0.2, 0) is 6.42 Å². The van der Waals surface area contributed by atoms with Crippen LogP contribution in [0.3, 0.4) is 0 Å². The summed E-state index contributed by atoms with van der Waals surface area (Å²) in [6.45, 7) is 0. The van der Waals surface area contributed by atoms with E-state index in [0.29, 0.717) is 0 Å². The molecule has 0 unspecified atom stereocenters. The van der Waals surface area contributed by atoms with Gasteiger partial charge in [-0.3, -0.25) is 0 Å². The van der Waals surface area contributed by atoms with Crippen molar-refractivity contribution in [2.45, 2.75) is 24.9 Å². The first-order valence-corrected chi connectivity index (χ1v) is 3.52. The van der Waals surface area contributed by atoms with Crippen LogP contribution in [0.4, 0.5) is 0 Å². The van der Waals surface area contributed by atoms with Gasteiger partial charge in [-0.25, -0.2) is 0 Å². The van der Waals surface area contributed by atoms with Gasteiger partial charge in [0.05, 0.1) is 18.1 Å². The van der Waals surface area contributed by atoms with E-state index in [-0.39, 0.29) is 5.60 Å². The maximum atomic E-state index is 9.46. The zero-order valence-corrected chi connectivity index (χ0v) is 5.71. The Morgan fingerprint density at radius 1 is 1.60 bits per heavy atom. The van der Waals surface area contributed by atoms with Gasteiger partial charge in [-0.1, -0.05) is 0 Å². The van der Waals surface area contributed by atoms with Crippen molar-refractivity contribution in [3.05, 3.63) is 24.2 Å². The second kappa shape index (κ2) is 1.86. The Bertz CT molecular complexity index is 209. The molecule has 2 heteroatoms. The smallest absolute Gasteiger partial charge is 0.0935 e. The van der Waals surface area contributed by atoms with Crippen LogP contribution in [0.1, 0.15) is 18.4 Å². The summed E-state index contributed by atoms with van der Waals surface area (Å²) in [6, 6.07) is 1.90. The molecule has 2 nitrogen and oxygen atoms in total. The van der Waals surface area contributed by atoms with Gasteiger partial charge in [0, 0.05) is 6.42 Å². The normalized spacial score (nSPS) is 20.9. The van der Waals surface area contributed by atoms with E-state index in [1.165, 1.54) is 0 Å². The van der Waals surface area contributed by atoms with Gasteiger partial charge in [-0.15, -0.1) is 0 Å². The van der Waals surface area contributed by atoms with Crippen molar-refractivity contribution >= 4 is 0 Å². The standard InChI is InChI=1S/C8H10O2/c9-8(2-3-8)5-7-1-4-10-6-7/h1,4,6,9H,2-3,5H2. The lowest BCUT2D eigenvalue weighted by Gasteiger charge is -2.02. The van der Waals surface area contributed by atoms with Crippen LogP contribution in [-0.4, -0.2) is 10.7 Å². The monoisotopic (exact) mass is 138 g/mol. The fraction of sp³-hybridized carbons (Fsp3) is 0.500. The van der Waals surface area contributed by atoms with Gasteiger partial charge < -0.3 is 9.52 Å². The molecule has 0 aliphatic heterocycles. The molecule has 0 aromatic carbocycles. The molecule has 0 bridgehead atoms. The minimum Gasteiger partial charge on any atom is -0.472 e. The van der Waals surface area contributed by atoms with Gasteiger partial charge >= 0.3 is 0 Å². The molecule has 0 spiro atoms. The van der Waals surface area contributed by atoms with Gasteiger partial charge in [0.1, 0.15) is 0 Å². The van der Waals surface area contributed by atoms with Crippen LogP contribution in [0.15, 0.2) is 23.0 Å². The van der Waals surface area contributed by atoms with Crippen LogP contribution in [0.2, 0.25) is 0 Å². The fourth-order valence-electron chi connectivity index (χ4n) is 1.09. The van der Waals surface area contributed by atoms with E-state index in [4.69, 9.17) is 4.42 Å². The molecule has 1 N–H and O–H groups in total. The molecule has 1 aliphatic rings. The molecule has 1 saturated carbocycles. The molecule has 1 heterocycles. The summed E-state index contributed by atoms with van der Waals surface area (Å²) in [4.78, 5) is 0. The van der Waals surface area contributed by atoms with Crippen molar-refractivity contribution in [2.24, 2.45) is 0 Å². The molecule has 0 atom stereocenters. The number of hydrogen-bond acceptors (Lipinski definition) is 2. The summed E-state index contributed by atoms with van der Waals surface area (Å²) >= 11 is 0. The maximum absolute atomic E-state index is 9.46. The topological polar surface area (TPSA) is 33.4 Å². The number of rotatable bonds is 2. The summed E-state index contributed by atoms with van der Waals surface area (Å²) < 4.78 is 4.88. The third-order valence-electron chi connectivity index (χ3n) is 1.94. The predicted molar refractivity (Wildman–Crippen MR) is 36.6 cm³/mol. The quantitative estimate of drug-likeness (QED) is 0.669. The number of hydrogen-bond donors (Lipinski definition) is 1. The van der Waals surface area contributed by atoms with Crippen molar-refractivity contribution in [1.29, 1.82) is 0 Å². The lowest BCUT2D eigenvalue weighted by Crippen LogP contribution is -2.09. The van der Waals surface area contributed by atoms with Crippen LogP contribution < -0.4 is 0 Å². The molecule has 2 rings (SSSR count). The number of furan rings is 1. The molecular formula is C8H10O2. The molecular weight excluding hydrogens is 128 g/mol. The van der Waals surface area contributed by atoms with E-state index in [1.807, 2.05) is 6.07 Å². The molecule has 1 aliphatic carbocycles. The zero-order valence-electron chi connectivity index (χ0n) is 5.71. The minimum absolute atomic E-state index is 0.385. The Hall–Kier alpha value is -0.760. The summed E-state index contributed by atoms with van der Waals surface area (Å²) in [5.74, 6) is 0. The lowest BCUT2D eigenvalue weighted by atomic mass is 10.1. The average molecular weight is 138 g/mol. The SMILES string of the molecule is OC1(Cc2ccoc2)CC1. The van der Waals surface area contributed by atoms with Gasteiger partial charge in [-0.05, 0) is 24.5 Å². The van der Waals surface area contributed by atoms with Crippen molar-refractivity contribution in [3.8, 4) is 0 Å². The van der Waals surface area contributed by atoms with Crippen molar-refractivity contribution in [2.75, 3.05) is 0 Å². The van der Waals surface area contributed by atoms with Gasteiger partial charge in [-0.2, -0.15) is 0 Å². The maximum Gasteiger partial charge on any atom is 0.0935 e. The van der Waals surface area contributed by atoms with E-state index < -0.39 is 0 Å². The van der Waals surface area contributed by atoms with Crippen molar-refractivity contribution < 1.29 is 9.52 Å². The van der Waals surface area contributed by atoms with E-state index in [9.17, 15) is 5.11 Å². The minimum atomic E-state index is -0.385. The van der Waals surface area contributed by atoms with Crippen LogP contribution in [0.25, 0.3) is 0 Å². The Balaban J connectivity index is 2.04. The van der Waals surface area contributed by atoms with E-state index in [2.05, 4.69) is 0 Å². The summed E-state index contributed by atoms with van der Waals surface area (Å²) in [7, 11) is 0. The first-order valence-electron chi connectivity index (χ1n) is 3.52. The molecule has 10 heavy (non-hydrogen) atoms. The highest BCUT2D eigenvalue weighted by Gasteiger charge is 2.40. The van der Waals surface area contributed by atoms with Crippen LogP contribution in [0.5, 0.6) is 0 Å². The fourth-order valence-corrected chi connectivity index (χ4v) is 1.09. The number of aliphatic hydroxyl groups is 1. The van der Waals surface area contributed by atoms with Gasteiger partial charge in [0.15, 0.2) is 0 Å². The predicted octanol–water partition coefficient (Wildman–Crippen LogP) is 1.35. The van der Waals surface area contributed by atoms with Crippen LogP contribution in [0, 0.1) is 0 Å². The van der Waals surface area contributed by atoms with Gasteiger partial charge in [0.2, 0.25) is 0 Å². The zero-order chi connectivity index (χ0) is 7.03. The summed E-state index contributed by atoms with van der Waals surface area (Å²) in [5.41, 5.74) is 0.712. The first kappa shape index (κ1) is 5.98. The molecule has 0 saturated heterocycles. The Morgan fingerprint density at radius 3 is 2.90 bits per heavy atom. The summed E-state index contributed by atoms with van der Waals surface area (Å²) in [6.07, 6.45) is 5.97. The largest absolute Gasteiger partial charge is 0.472 e. The Kier molecular flexibility index (Phi) is 1.11. The summed E-state index contributed by atoms with van der Waals surface area (Å²) in [5, 5.41) is 9.46.